The van der Waals surface area contributed by atoms with E-state index in [0.29, 0.717) is 35.7 Å². The predicted molar refractivity (Wildman–Crippen MR) is 136 cm³/mol. The molecule has 2 amide bonds. The quantitative estimate of drug-likeness (QED) is 0.371. The van der Waals surface area contributed by atoms with Crippen LogP contribution in [-0.2, 0) is 0 Å². The molecular formula is C27H26ClF4N3O2. The SMILES string of the molecule is CN(C(=O)N(C)C1CCNCC1c1ccc(F)cc1)c1cc(-c2ccc(Cl)cc2)ccc1OC(F)(F)F. The molecule has 3 aromatic carbocycles. The van der Waals surface area contributed by atoms with Crippen LogP contribution in [0.5, 0.6) is 5.75 Å². The third kappa shape index (κ3) is 6.34. The van der Waals surface area contributed by atoms with Gasteiger partial charge in [0.25, 0.3) is 0 Å². The van der Waals surface area contributed by atoms with E-state index in [4.69, 9.17) is 11.6 Å². The van der Waals surface area contributed by atoms with Crippen LogP contribution >= 0.6 is 11.6 Å². The van der Waals surface area contributed by atoms with Crippen LogP contribution < -0.4 is 15.0 Å². The first-order valence-electron chi connectivity index (χ1n) is 11.7. The average Bonchev–Trinajstić information content (AvgIpc) is 2.88. The highest BCUT2D eigenvalue weighted by atomic mass is 35.5. The molecule has 5 nitrogen and oxygen atoms in total. The highest BCUT2D eigenvalue weighted by Crippen LogP contribution is 2.37. The van der Waals surface area contributed by atoms with Gasteiger partial charge in [0.2, 0.25) is 0 Å². The van der Waals surface area contributed by atoms with Crippen molar-refractivity contribution >= 4 is 23.3 Å². The van der Waals surface area contributed by atoms with Crippen LogP contribution in [0.4, 0.5) is 28.0 Å². The van der Waals surface area contributed by atoms with Crippen molar-refractivity contribution in [3.05, 3.63) is 83.1 Å². The zero-order valence-corrected chi connectivity index (χ0v) is 21.0. The number of nitrogens with one attached hydrogen (secondary N) is 1. The van der Waals surface area contributed by atoms with Gasteiger partial charge in [-0.3, -0.25) is 4.90 Å². The van der Waals surface area contributed by atoms with Crippen LogP contribution in [-0.4, -0.2) is 50.5 Å². The third-order valence-corrected chi connectivity index (χ3v) is 6.81. The summed E-state index contributed by atoms with van der Waals surface area (Å²) in [6.45, 7) is 1.24. The number of urea groups is 1. The number of rotatable bonds is 5. The highest BCUT2D eigenvalue weighted by molar-refractivity contribution is 6.30. The Kier molecular flexibility index (Phi) is 7.94. The minimum absolute atomic E-state index is 0.0334. The second-order valence-electron chi connectivity index (χ2n) is 8.91. The average molecular weight is 536 g/mol. The van der Waals surface area contributed by atoms with Crippen molar-refractivity contribution in [3.63, 3.8) is 0 Å². The first-order valence-corrected chi connectivity index (χ1v) is 12.0. The fourth-order valence-electron chi connectivity index (χ4n) is 4.65. The normalized spacial score (nSPS) is 17.8. The lowest BCUT2D eigenvalue weighted by Gasteiger charge is -2.40. The van der Waals surface area contributed by atoms with E-state index in [1.807, 2.05) is 0 Å². The van der Waals surface area contributed by atoms with Gasteiger partial charge in [-0.1, -0.05) is 41.9 Å². The van der Waals surface area contributed by atoms with Crippen molar-refractivity contribution in [2.75, 3.05) is 32.1 Å². The summed E-state index contributed by atoms with van der Waals surface area (Å²) in [5.41, 5.74) is 2.14. The fraction of sp³-hybridized carbons (Fsp3) is 0.296. The molecule has 1 aliphatic heterocycles. The Morgan fingerprint density at radius 2 is 1.65 bits per heavy atom. The van der Waals surface area contributed by atoms with Crippen molar-refractivity contribution in [1.82, 2.24) is 10.2 Å². The molecule has 4 rings (SSSR count). The Morgan fingerprint density at radius 1 is 1.00 bits per heavy atom. The number of piperidine rings is 1. The number of carbonyl (C=O) groups excluding carboxylic acids is 1. The number of halogens is 5. The standard InChI is InChI=1S/C27H26ClF4N3O2/c1-34(23-13-14-33-16-22(23)18-5-10-21(29)11-6-18)26(36)35(2)24-15-19(17-3-8-20(28)9-4-17)7-12-25(24)37-27(30,31)32/h3-12,15,22-23,33H,13-14,16H2,1-2H3. The molecule has 0 spiro atoms. The van der Waals surface area contributed by atoms with Gasteiger partial charge in [0.1, 0.15) is 5.82 Å². The molecule has 1 N–H and O–H groups in total. The lowest BCUT2D eigenvalue weighted by atomic mass is 9.86. The molecule has 37 heavy (non-hydrogen) atoms. The van der Waals surface area contributed by atoms with Crippen LogP contribution in [0.1, 0.15) is 17.9 Å². The zero-order chi connectivity index (χ0) is 26.7. The summed E-state index contributed by atoms with van der Waals surface area (Å²) in [5.74, 6) is -0.969. The smallest absolute Gasteiger partial charge is 0.404 e. The van der Waals surface area contributed by atoms with Gasteiger partial charge in [0.05, 0.1) is 5.69 Å². The van der Waals surface area contributed by atoms with Crippen molar-refractivity contribution in [1.29, 1.82) is 0 Å². The lowest BCUT2D eigenvalue weighted by Crippen LogP contribution is -2.52. The van der Waals surface area contributed by atoms with E-state index in [-0.39, 0.29) is 23.5 Å². The van der Waals surface area contributed by atoms with E-state index in [9.17, 15) is 22.4 Å². The Hall–Kier alpha value is -3.30. The van der Waals surface area contributed by atoms with Gasteiger partial charge in [0.15, 0.2) is 5.75 Å². The molecule has 2 unspecified atom stereocenters. The Bertz CT molecular complexity index is 1240. The number of hydrogen-bond acceptors (Lipinski definition) is 3. The molecule has 1 heterocycles. The van der Waals surface area contributed by atoms with Gasteiger partial charge in [-0.25, -0.2) is 9.18 Å². The van der Waals surface area contributed by atoms with E-state index >= 15 is 0 Å². The second-order valence-corrected chi connectivity index (χ2v) is 9.34. The molecule has 1 fully saturated rings. The zero-order valence-electron chi connectivity index (χ0n) is 20.2. The van der Waals surface area contributed by atoms with E-state index in [2.05, 4.69) is 10.1 Å². The molecule has 0 aliphatic carbocycles. The van der Waals surface area contributed by atoms with Gasteiger partial charge in [0, 0.05) is 37.6 Å². The number of nitrogens with zero attached hydrogens (tertiary/aromatic N) is 2. The summed E-state index contributed by atoms with van der Waals surface area (Å²) in [6.07, 6.45) is -4.32. The summed E-state index contributed by atoms with van der Waals surface area (Å²) < 4.78 is 57.3. The molecule has 10 heteroatoms. The van der Waals surface area contributed by atoms with Gasteiger partial charge in [-0.2, -0.15) is 0 Å². The molecular weight excluding hydrogens is 510 g/mol. The summed E-state index contributed by atoms with van der Waals surface area (Å²) in [4.78, 5) is 16.3. The van der Waals surface area contributed by atoms with Crippen LogP contribution in [0.25, 0.3) is 11.1 Å². The maximum atomic E-state index is 13.6. The number of likely N-dealkylation sites (N-methyl/N-ethyl adjacent to an activating group) is 1. The molecule has 3 aromatic rings. The number of carbonyl (C=O) groups is 1. The van der Waals surface area contributed by atoms with E-state index in [0.717, 1.165) is 10.5 Å². The largest absolute Gasteiger partial charge is 0.573 e. The van der Waals surface area contributed by atoms with Crippen LogP contribution in [0.3, 0.4) is 0 Å². The number of amides is 2. The predicted octanol–water partition coefficient (Wildman–Crippen LogP) is 6.68. The Balaban J connectivity index is 1.65. The second kappa shape index (κ2) is 11.0. The van der Waals surface area contributed by atoms with Crippen molar-refractivity contribution in [2.24, 2.45) is 0 Å². The van der Waals surface area contributed by atoms with Crippen LogP contribution in [0.15, 0.2) is 66.7 Å². The van der Waals surface area contributed by atoms with Gasteiger partial charge < -0.3 is 15.0 Å². The lowest BCUT2D eigenvalue weighted by molar-refractivity contribution is -0.274. The van der Waals surface area contributed by atoms with Crippen molar-refractivity contribution < 1.29 is 27.1 Å². The molecule has 0 saturated carbocycles. The summed E-state index contributed by atoms with van der Waals surface area (Å²) in [7, 11) is 3.04. The summed E-state index contributed by atoms with van der Waals surface area (Å²) in [5, 5.41) is 3.82. The van der Waals surface area contributed by atoms with Gasteiger partial charge in [-0.05, 0) is 66.1 Å². The molecule has 0 aromatic heterocycles. The monoisotopic (exact) mass is 535 g/mol. The van der Waals surface area contributed by atoms with E-state index in [1.54, 1.807) is 43.4 Å². The van der Waals surface area contributed by atoms with Crippen LogP contribution in [0, 0.1) is 5.82 Å². The topological polar surface area (TPSA) is 44.8 Å². The van der Waals surface area contributed by atoms with Gasteiger partial charge in [-0.15, -0.1) is 13.2 Å². The maximum absolute atomic E-state index is 13.6. The number of ether oxygens (including phenoxy) is 1. The Labute approximate surface area is 217 Å². The highest BCUT2D eigenvalue weighted by Gasteiger charge is 2.36. The number of alkyl halides is 3. The molecule has 0 radical (unpaired) electrons. The first kappa shape index (κ1) is 26.8. The first-order chi connectivity index (χ1) is 17.5. The Morgan fingerprint density at radius 3 is 2.30 bits per heavy atom. The van der Waals surface area contributed by atoms with E-state index in [1.165, 1.54) is 42.3 Å². The summed E-state index contributed by atoms with van der Waals surface area (Å²) in [6, 6.07) is 16.4. The minimum atomic E-state index is -4.94. The molecule has 2 atom stereocenters. The maximum Gasteiger partial charge on any atom is 0.573 e. The van der Waals surface area contributed by atoms with Crippen molar-refractivity contribution in [3.8, 4) is 16.9 Å². The third-order valence-electron chi connectivity index (χ3n) is 6.55. The molecule has 0 bridgehead atoms. The summed E-state index contributed by atoms with van der Waals surface area (Å²) >= 11 is 5.97. The minimum Gasteiger partial charge on any atom is -0.404 e. The number of anilines is 1. The molecule has 1 aliphatic rings. The number of hydrogen-bond donors (Lipinski definition) is 1. The van der Waals surface area contributed by atoms with Gasteiger partial charge >= 0.3 is 12.4 Å². The van der Waals surface area contributed by atoms with Crippen LogP contribution in [0.2, 0.25) is 5.02 Å². The molecule has 196 valence electrons. The number of benzene rings is 3. The molecule has 1 saturated heterocycles. The van der Waals surface area contributed by atoms with Crippen molar-refractivity contribution in [2.45, 2.75) is 24.7 Å². The fourth-order valence-corrected chi connectivity index (χ4v) is 4.78. The van der Waals surface area contributed by atoms with E-state index < -0.39 is 18.1 Å².